The zero-order valence-corrected chi connectivity index (χ0v) is 21.5. The number of oxime groups is 1. The van der Waals surface area contributed by atoms with E-state index in [1.54, 1.807) is 0 Å². The zero-order chi connectivity index (χ0) is 22.3. The molecule has 3 atom stereocenters. The molecule has 4 heterocycles. The molecule has 0 aliphatic carbocycles. The van der Waals surface area contributed by atoms with E-state index in [9.17, 15) is 24.3 Å². The van der Waals surface area contributed by atoms with E-state index in [-0.39, 0.29) is 62.2 Å². The number of carboxylic acids is 1. The average Bonchev–Trinajstić information content (AvgIpc) is 3.36. The maximum atomic E-state index is 12.8. The van der Waals surface area contributed by atoms with Crippen molar-refractivity contribution in [3.05, 3.63) is 22.3 Å². The summed E-state index contributed by atoms with van der Waals surface area (Å²) >= 11 is 3.52. The van der Waals surface area contributed by atoms with Crippen LogP contribution in [-0.2, 0) is 24.0 Å². The van der Waals surface area contributed by atoms with Gasteiger partial charge in [-0.2, -0.15) is 0 Å². The molecular formula is C17H16N5NaO6S3. The number of nitrogens with zero attached hydrogens (tertiary/aromatic N) is 3. The summed E-state index contributed by atoms with van der Waals surface area (Å²) in [6.07, 6.45) is 0.888. The molecule has 11 nitrogen and oxygen atoms in total. The molecule has 0 saturated carbocycles. The Labute approximate surface area is 216 Å². The van der Waals surface area contributed by atoms with Gasteiger partial charge in [0.15, 0.2) is 16.0 Å². The summed E-state index contributed by atoms with van der Waals surface area (Å²) in [6, 6.07) is -0.954. The zero-order valence-electron chi connectivity index (χ0n) is 17.0. The van der Waals surface area contributed by atoms with Crippen LogP contribution in [0.2, 0.25) is 0 Å². The van der Waals surface area contributed by atoms with E-state index in [0.29, 0.717) is 24.2 Å². The van der Waals surface area contributed by atoms with Gasteiger partial charge in [0, 0.05) is 22.8 Å². The van der Waals surface area contributed by atoms with Crippen molar-refractivity contribution >= 4 is 68.6 Å². The number of nitrogen functional groups attached to an aromatic ring is 1. The van der Waals surface area contributed by atoms with Crippen molar-refractivity contribution in [2.75, 3.05) is 18.6 Å². The largest absolute Gasteiger partial charge is 1.00 e. The molecule has 2 fully saturated rings. The Morgan fingerprint density at radius 1 is 1.41 bits per heavy atom. The van der Waals surface area contributed by atoms with Crippen molar-refractivity contribution in [2.24, 2.45) is 5.16 Å². The first-order chi connectivity index (χ1) is 14.8. The molecule has 15 heteroatoms. The van der Waals surface area contributed by atoms with Gasteiger partial charge in [0.05, 0.1) is 11.7 Å². The van der Waals surface area contributed by atoms with Gasteiger partial charge in [-0.3, -0.25) is 19.3 Å². The van der Waals surface area contributed by atoms with Crippen LogP contribution in [0.1, 0.15) is 18.5 Å². The van der Waals surface area contributed by atoms with Crippen molar-refractivity contribution < 1.29 is 58.7 Å². The summed E-state index contributed by atoms with van der Waals surface area (Å²) in [7, 11) is 1.26. The number of amides is 2. The number of hydrogen-bond donors (Lipinski definition) is 2. The molecule has 1 unspecified atom stereocenters. The second-order valence-electron chi connectivity index (χ2n) is 6.73. The Morgan fingerprint density at radius 3 is 2.72 bits per heavy atom. The van der Waals surface area contributed by atoms with Crippen LogP contribution >= 0.6 is 34.9 Å². The molecule has 1 aromatic heterocycles. The van der Waals surface area contributed by atoms with Gasteiger partial charge in [-0.15, -0.1) is 23.1 Å². The van der Waals surface area contributed by atoms with Crippen LogP contribution in [0.3, 0.4) is 0 Å². The Balaban J connectivity index is 0.00000289. The second kappa shape index (κ2) is 10.1. The Morgan fingerprint density at radius 2 is 2.16 bits per heavy atom. The predicted molar refractivity (Wildman–Crippen MR) is 113 cm³/mol. The van der Waals surface area contributed by atoms with E-state index < -0.39 is 29.2 Å². The smallest absolute Gasteiger partial charge is 0.543 e. The van der Waals surface area contributed by atoms with Gasteiger partial charge < -0.3 is 25.8 Å². The van der Waals surface area contributed by atoms with Gasteiger partial charge in [0.2, 0.25) is 0 Å². The van der Waals surface area contributed by atoms with E-state index in [4.69, 9.17) is 10.6 Å². The first-order valence-corrected chi connectivity index (χ1v) is 11.8. The molecule has 0 spiro atoms. The molecule has 0 bridgehead atoms. The molecular weight excluding hydrogens is 489 g/mol. The first-order valence-electron chi connectivity index (χ1n) is 9.03. The van der Waals surface area contributed by atoms with Crippen LogP contribution in [0.25, 0.3) is 0 Å². The third-order valence-corrected chi connectivity index (χ3v) is 8.16. The summed E-state index contributed by atoms with van der Waals surface area (Å²) in [5, 5.41) is 19.0. The van der Waals surface area contributed by atoms with Crippen molar-refractivity contribution in [2.45, 2.75) is 29.5 Å². The molecule has 0 aromatic carbocycles. The van der Waals surface area contributed by atoms with E-state index in [0.717, 1.165) is 28.0 Å². The van der Waals surface area contributed by atoms with Crippen molar-refractivity contribution in [3.8, 4) is 0 Å². The molecule has 0 radical (unpaired) electrons. The number of thioether (sulfide) groups is 2. The van der Waals surface area contributed by atoms with Gasteiger partial charge in [0.1, 0.15) is 24.2 Å². The molecule has 2 amide bonds. The van der Waals surface area contributed by atoms with E-state index in [1.807, 2.05) is 0 Å². The summed E-state index contributed by atoms with van der Waals surface area (Å²) in [4.78, 5) is 58.8. The number of rotatable bonds is 6. The monoisotopic (exact) mass is 505 g/mol. The quantitative estimate of drug-likeness (QED) is 0.168. The summed E-state index contributed by atoms with van der Waals surface area (Å²) in [6.45, 7) is 0. The fourth-order valence-electron chi connectivity index (χ4n) is 3.55. The number of carbonyl (C=O) groups excluding carboxylic acids is 4. The van der Waals surface area contributed by atoms with Gasteiger partial charge in [0.25, 0.3) is 11.8 Å². The fraction of sp³-hybridized carbons (Fsp3) is 0.412. The number of carbonyl (C=O) groups is 4. The number of hydrogen-bond acceptors (Lipinski definition) is 12. The third kappa shape index (κ3) is 4.56. The van der Waals surface area contributed by atoms with Gasteiger partial charge in [-0.25, -0.2) is 4.98 Å². The van der Waals surface area contributed by atoms with Gasteiger partial charge in [-0.05, 0) is 12.0 Å². The second-order valence-corrected chi connectivity index (χ2v) is 9.99. The van der Waals surface area contributed by atoms with Crippen LogP contribution in [0.5, 0.6) is 0 Å². The van der Waals surface area contributed by atoms with Gasteiger partial charge >= 0.3 is 29.6 Å². The minimum Gasteiger partial charge on any atom is -0.543 e. The Hall–Kier alpha value is -1.58. The molecule has 3 aliphatic rings. The molecule has 4 rings (SSSR count). The number of β-lactam (4-membered cyclic amide) rings is 1. The van der Waals surface area contributed by atoms with E-state index >= 15 is 0 Å². The molecule has 1 aromatic rings. The average molecular weight is 506 g/mol. The normalized spacial score (nSPS) is 25.1. The SMILES string of the molecule is CO/N=C(\C(=O)N[C@@H]1C(=O)N2C(C(=O)[O-])=C(C3CCC(=O)S3)CS[C@H]12)c1csc(N)n1.[Na+]. The van der Waals surface area contributed by atoms with E-state index in [1.165, 1.54) is 24.3 Å². The van der Waals surface area contributed by atoms with Crippen LogP contribution < -0.4 is 45.7 Å². The molecule has 3 N–H and O–H groups in total. The summed E-state index contributed by atoms with van der Waals surface area (Å²) in [5.74, 6) is -2.44. The van der Waals surface area contributed by atoms with Crippen molar-refractivity contribution in [1.29, 1.82) is 0 Å². The maximum absolute atomic E-state index is 12.8. The molecule has 3 aliphatic heterocycles. The van der Waals surface area contributed by atoms with Crippen molar-refractivity contribution in [3.63, 3.8) is 0 Å². The van der Waals surface area contributed by atoms with E-state index in [2.05, 4.69) is 15.5 Å². The third-order valence-electron chi connectivity index (χ3n) is 4.91. The van der Waals surface area contributed by atoms with Crippen LogP contribution in [-0.4, -0.2) is 68.0 Å². The number of aliphatic carboxylic acids is 1. The predicted octanol–water partition coefficient (Wildman–Crippen LogP) is -4.09. The Kier molecular flexibility index (Phi) is 7.93. The maximum Gasteiger partial charge on any atom is 1.00 e. The molecule has 32 heavy (non-hydrogen) atoms. The van der Waals surface area contributed by atoms with Crippen molar-refractivity contribution in [1.82, 2.24) is 15.2 Å². The number of anilines is 1. The van der Waals surface area contributed by atoms with Gasteiger partial charge in [-0.1, -0.05) is 16.9 Å². The minimum absolute atomic E-state index is 0. The number of aromatic nitrogens is 1. The standard InChI is InChI=1S/C17H17N5O6S3.Na/c1-28-21-10(7-5-30-17(18)19-7)13(24)20-11-14(25)22-12(16(26)27)6(4-29-15(11)22)8-2-3-9(23)31-8;/h5,8,11,15H,2-4H2,1H3,(H2,18,19)(H,20,24)(H,26,27);/q;+1/p-1/b21-10-;/t8?,11-,15-;/m1./s1. The molecule has 164 valence electrons. The Bertz CT molecular complexity index is 1040. The minimum atomic E-state index is -1.47. The number of thiazole rings is 1. The fourth-order valence-corrected chi connectivity index (χ4v) is 6.75. The number of nitrogens with one attached hydrogen (secondary N) is 1. The topological polar surface area (TPSA) is 167 Å². The van der Waals surface area contributed by atoms with Crippen LogP contribution in [0.4, 0.5) is 5.13 Å². The number of nitrogens with two attached hydrogens (primary N) is 1. The molecule has 2 saturated heterocycles. The summed E-state index contributed by atoms with van der Waals surface area (Å²) in [5.41, 5.74) is 5.95. The number of carboxylic acid groups (broad SMARTS) is 1. The van der Waals surface area contributed by atoms with Crippen LogP contribution in [0, 0.1) is 0 Å². The van der Waals surface area contributed by atoms with Crippen LogP contribution in [0.15, 0.2) is 21.8 Å². The summed E-state index contributed by atoms with van der Waals surface area (Å²) < 4.78 is 0. The first kappa shape index (κ1) is 25.1. The number of fused-ring (bicyclic) bond motifs is 1.